The van der Waals surface area contributed by atoms with Gasteiger partial charge in [0.05, 0.1) is 17.2 Å². The van der Waals surface area contributed by atoms with Crippen LogP contribution in [0.5, 0.6) is 5.88 Å². The van der Waals surface area contributed by atoms with Crippen molar-refractivity contribution in [3.8, 4) is 5.88 Å². The first kappa shape index (κ1) is 22.4. The van der Waals surface area contributed by atoms with E-state index in [1.165, 1.54) is 13.3 Å². The normalized spacial score (nSPS) is 20.1. The van der Waals surface area contributed by atoms with Gasteiger partial charge < -0.3 is 21.1 Å². The Balaban J connectivity index is 1.78. The molecule has 0 radical (unpaired) electrons. The van der Waals surface area contributed by atoms with E-state index < -0.39 is 0 Å². The molecule has 0 bridgehead atoms. The summed E-state index contributed by atoms with van der Waals surface area (Å²) in [6.07, 6.45) is 5.44. The van der Waals surface area contributed by atoms with Gasteiger partial charge in [0.15, 0.2) is 0 Å². The van der Waals surface area contributed by atoms with Gasteiger partial charge in [0, 0.05) is 29.4 Å². The molecule has 2 rings (SSSR count). The summed E-state index contributed by atoms with van der Waals surface area (Å²) in [5, 5.41) is 7.80. The number of aromatic nitrogens is 1. The second kappa shape index (κ2) is 10.6. The Morgan fingerprint density at radius 2 is 2.07 bits per heavy atom. The van der Waals surface area contributed by atoms with Crippen LogP contribution in [-0.4, -0.2) is 30.6 Å². The van der Waals surface area contributed by atoms with Crippen LogP contribution in [0.4, 0.5) is 0 Å². The molecule has 1 aliphatic carbocycles. The number of pyridine rings is 1. The molecular formula is C20H29ClN4O2S. The second-order valence-corrected chi connectivity index (χ2v) is 8.79. The van der Waals surface area contributed by atoms with Crippen LogP contribution in [0, 0.1) is 5.92 Å². The number of hydrogen-bond acceptors (Lipinski definition) is 6. The third-order valence-corrected chi connectivity index (χ3v) is 6.08. The Morgan fingerprint density at radius 1 is 1.39 bits per heavy atom. The van der Waals surface area contributed by atoms with Crippen molar-refractivity contribution in [3.63, 3.8) is 0 Å². The van der Waals surface area contributed by atoms with Gasteiger partial charge in [0.25, 0.3) is 5.91 Å². The van der Waals surface area contributed by atoms with Crippen molar-refractivity contribution in [1.82, 2.24) is 15.6 Å². The van der Waals surface area contributed by atoms with Crippen molar-refractivity contribution in [2.24, 2.45) is 11.7 Å². The molecule has 0 aliphatic heterocycles. The number of nitrogens with zero attached hydrogens (tertiary/aromatic N) is 1. The lowest BCUT2D eigenvalue weighted by atomic mass is 9.86. The lowest BCUT2D eigenvalue weighted by Gasteiger charge is -2.29. The maximum Gasteiger partial charge on any atom is 0.257 e. The fourth-order valence-electron chi connectivity index (χ4n) is 3.09. The van der Waals surface area contributed by atoms with E-state index in [2.05, 4.69) is 22.2 Å². The predicted molar refractivity (Wildman–Crippen MR) is 116 cm³/mol. The third kappa shape index (κ3) is 6.63. The molecule has 1 saturated carbocycles. The van der Waals surface area contributed by atoms with Crippen molar-refractivity contribution in [1.29, 1.82) is 0 Å². The van der Waals surface area contributed by atoms with Crippen molar-refractivity contribution in [2.45, 2.75) is 45.6 Å². The van der Waals surface area contributed by atoms with Gasteiger partial charge in [-0.15, -0.1) is 0 Å². The summed E-state index contributed by atoms with van der Waals surface area (Å²) in [6.45, 7) is 8.81. The lowest BCUT2D eigenvalue weighted by Crippen LogP contribution is -2.39. The number of hydrogen-bond donors (Lipinski definition) is 3. The average Bonchev–Trinajstić information content (AvgIpc) is 2.67. The highest BCUT2D eigenvalue weighted by Crippen LogP contribution is 2.27. The number of methoxy groups -OCH3 is 1. The SMILES string of the molecule is C=C(NCC1CCC(NC(=O)c2cc(Cl)cnc2OC)CC1)S/C(C)=C(/C)N. The van der Waals surface area contributed by atoms with Crippen LogP contribution in [0.25, 0.3) is 0 Å². The molecule has 4 N–H and O–H groups in total. The fourth-order valence-corrected chi connectivity index (χ4v) is 3.93. The molecule has 6 nitrogen and oxygen atoms in total. The second-order valence-electron chi connectivity index (χ2n) is 7.05. The number of thioether (sulfide) groups is 1. The Hall–Kier alpha value is -1.86. The number of carbonyl (C=O) groups excluding carboxylic acids is 1. The first-order valence-corrected chi connectivity index (χ1v) is 10.5. The molecule has 1 heterocycles. The molecule has 0 unspecified atom stereocenters. The van der Waals surface area contributed by atoms with Crippen molar-refractivity contribution in [2.75, 3.05) is 13.7 Å². The summed E-state index contributed by atoms with van der Waals surface area (Å²) in [5.74, 6) is 0.654. The van der Waals surface area contributed by atoms with Gasteiger partial charge in [-0.25, -0.2) is 4.98 Å². The van der Waals surface area contributed by atoms with Gasteiger partial charge in [-0.05, 0) is 51.5 Å². The average molecular weight is 425 g/mol. The molecule has 0 spiro atoms. The molecule has 1 aliphatic rings. The molecule has 1 fully saturated rings. The van der Waals surface area contributed by atoms with Crippen molar-refractivity contribution >= 4 is 29.3 Å². The van der Waals surface area contributed by atoms with Crippen LogP contribution < -0.4 is 21.1 Å². The largest absolute Gasteiger partial charge is 0.480 e. The quantitative estimate of drug-likeness (QED) is 0.583. The molecule has 0 aromatic carbocycles. The number of nitrogens with one attached hydrogen (secondary N) is 2. The highest BCUT2D eigenvalue weighted by atomic mass is 35.5. The highest BCUT2D eigenvalue weighted by Gasteiger charge is 2.24. The third-order valence-electron chi connectivity index (χ3n) is 4.86. The number of nitrogens with two attached hydrogens (primary N) is 1. The van der Waals surface area contributed by atoms with E-state index in [0.29, 0.717) is 16.5 Å². The highest BCUT2D eigenvalue weighted by molar-refractivity contribution is 8.06. The lowest BCUT2D eigenvalue weighted by molar-refractivity contribution is 0.0918. The Kier molecular flexibility index (Phi) is 8.51. The maximum absolute atomic E-state index is 12.6. The first-order chi connectivity index (χ1) is 13.3. The van der Waals surface area contributed by atoms with E-state index in [-0.39, 0.29) is 17.8 Å². The van der Waals surface area contributed by atoms with Crippen LogP contribution in [0.3, 0.4) is 0 Å². The number of ether oxygens (including phenoxy) is 1. The molecule has 0 saturated heterocycles. The van der Waals surface area contributed by atoms with Gasteiger partial charge >= 0.3 is 0 Å². The summed E-state index contributed by atoms with van der Waals surface area (Å²) < 4.78 is 5.16. The topological polar surface area (TPSA) is 89.3 Å². The summed E-state index contributed by atoms with van der Waals surface area (Å²) in [4.78, 5) is 17.7. The zero-order valence-corrected chi connectivity index (χ0v) is 18.3. The molecule has 8 heteroatoms. The smallest absolute Gasteiger partial charge is 0.257 e. The van der Waals surface area contributed by atoms with Crippen molar-refractivity contribution in [3.05, 3.63) is 45.1 Å². The van der Waals surface area contributed by atoms with Gasteiger partial charge in [-0.3, -0.25) is 4.79 Å². The maximum atomic E-state index is 12.6. The number of carbonyl (C=O) groups is 1. The molecule has 28 heavy (non-hydrogen) atoms. The number of rotatable bonds is 8. The minimum atomic E-state index is -0.197. The van der Waals surface area contributed by atoms with Gasteiger partial charge in [-0.2, -0.15) is 0 Å². The van der Waals surface area contributed by atoms with E-state index in [9.17, 15) is 4.79 Å². The molecular weight excluding hydrogens is 396 g/mol. The summed E-state index contributed by atoms with van der Waals surface area (Å²) in [6, 6.07) is 1.73. The molecule has 1 amide bonds. The van der Waals surface area contributed by atoms with E-state index in [0.717, 1.165) is 47.9 Å². The standard InChI is InChI=1S/C20H29ClN4O2S/c1-12(22)13(2)28-14(3)23-10-15-5-7-17(8-6-15)25-19(26)18-9-16(21)11-24-20(18)27-4/h9,11,15,17,23H,3,5-8,10,22H2,1-2,4H3,(H,25,26)/b13-12-. The van der Waals surface area contributed by atoms with Crippen LogP contribution in [-0.2, 0) is 0 Å². The summed E-state index contributed by atoms with van der Waals surface area (Å²) in [7, 11) is 1.49. The van der Waals surface area contributed by atoms with Gasteiger partial charge in [0.2, 0.25) is 5.88 Å². The minimum Gasteiger partial charge on any atom is -0.480 e. The summed E-state index contributed by atoms with van der Waals surface area (Å²) >= 11 is 7.54. The zero-order chi connectivity index (χ0) is 20.7. The van der Waals surface area contributed by atoms with Crippen LogP contribution in [0.15, 0.2) is 34.5 Å². The van der Waals surface area contributed by atoms with E-state index in [1.807, 2.05) is 13.8 Å². The van der Waals surface area contributed by atoms with E-state index in [1.54, 1.807) is 17.8 Å². The van der Waals surface area contributed by atoms with Gasteiger partial charge in [-0.1, -0.05) is 29.9 Å². The molecule has 154 valence electrons. The Morgan fingerprint density at radius 3 is 2.68 bits per heavy atom. The first-order valence-electron chi connectivity index (χ1n) is 9.34. The Bertz CT molecular complexity index is 742. The van der Waals surface area contributed by atoms with Crippen LogP contribution >= 0.6 is 23.4 Å². The molecule has 1 aromatic heterocycles. The number of allylic oxidation sites excluding steroid dienone is 2. The van der Waals surface area contributed by atoms with E-state index in [4.69, 9.17) is 22.1 Å². The fraction of sp³-hybridized carbons (Fsp3) is 0.500. The molecule has 1 aromatic rings. The van der Waals surface area contributed by atoms with Crippen LogP contribution in [0.2, 0.25) is 5.02 Å². The predicted octanol–water partition coefficient (Wildman–Crippen LogP) is 4.04. The summed E-state index contributed by atoms with van der Waals surface area (Å²) in [5.41, 5.74) is 6.96. The van der Waals surface area contributed by atoms with E-state index >= 15 is 0 Å². The number of amides is 1. The Labute approximate surface area is 176 Å². The zero-order valence-electron chi connectivity index (χ0n) is 16.7. The van der Waals surface area contributed by atoms with Crippen molar-refractivity contribution < 1.29 is 9.53 Å². The molecule has 0 atom stereocenters. The monoisotopic (exact) mass is 424 g/mol. The number of halogens is 1. The minimum absolute atomic E-state index is 0.148. The van der Waals surface area contributed by atoms with Crippen LogP contribution in [0.1, 0.15) is 49.9 Å². The van der Waals surface area contributed by atoms with Gasteiger partial charge in [0.1, 0.15) is 5.56 Å².